The summed E-state index contributed by atoms with van der Waals surface area (Å²) in [7, 11) is 1.72. The van der Waals surface area contributed by atoms with Gasteiger partial charge in [0.1, 0.15) is 24.2 Å². The lowest BCUT2D eigenvalue weighted by Gasteiger charge is -2.29. The largest absolute Gasteiger partial charge is 0.497 e. The Balaban J connectivity index is 1.27. The van der Waals surface area contributed by atoms with Gasteiger partial charge in [-0.3, -0.25) is 0 Å². The summed E-state index contributed by atoms with van der Waals surface area (Å²) in [6.07, 6.45) is 2.02. The molecule has 0 saturated heterocycles. The molecule has 0 fully saturated rings. The highest BCUT2D eigenvalue weighted by Crippen LogP contribution is 2.53. The van der Waals surface area contributed by atoms with E-state index < -0.39 is 0 Å². The van der Waals surface area contributed by atoms with E-state index in [4.69, 9.17) is 21.3 Å². The van der Waals surface area contributed by atoms with Crippen LogP contribution in [0.4, 0.5) is 5.69 Å². The number of nitriles is 2. The van der Waals surface area contributed by atoms with E-state index in [1.807, 2.05) is 30.3 Å². The third-order valence-electron chi connectivity index (χ3n) is 9.26. The van der Waals surface area contributed by atoms with E-state index in [1.165, 1.54) is 16.7 Å². The summed E-state index contributed by atoms with van der Waals surface area (Å²) in [4.78, 5) is 5.56. The van der Waals surface area contributed by atoms with Gasteiger partial charge in [-0.2, -0.15) is 5.26 Å². The quantitative estimate of drug-likeness (QED) is 0.175. The first kappa shape index (κ1) is 32.9. The van der Waals surface area contributed by atoms with Gasteiger partial charge in [-0.25, -0.2) is 10.1 Å². The molecule has 236 valence electrons. The van der Waals surface area contributed by atoms with Crippen molar-refractivity contribution >= 4 is 17.0 Å². The van der Waals surface area contributed by atoms with Crippen molar-refractivity contribution in [1.82, 2.24) is 0 Å². The molecule has 4 aromatic rings. The number of hydrogen-bond donors (Lipinski definition) is 0. The van der Waals surface area contributed by atoms with Crippen LogP contribution in [0.25, 0.3) is 16.1 Å². The molecule has 0 saturated carbocycles. The van der Waals surface area contributed by atoms with Crippen LogP contribution in [0.15, 0.2) is 91.0 Å². The zero-order chi connectivity index (χ0) is 33.6. The van der Waals surface area contributed by atoms with Crippen molar-refractivity contribution in [2.24, 2.45) is 0 Å². The van der Waals surface area contributed by atoms with Gasteiger partial charge in [0.25, 0.3) is 5.70 Å². The fourth-order valence-electron chi connectivity index (χ4n) is 6.95. The van der Waals surface area contributed by atoms with Crippen molar-refractivity contribution < 1.29 is 9.47 Å². The smallest absolute Gasteiger partial charge is 0.268 e. The molecule has 0 unspecified atom stereocenters. The van der Waals surface area contributed by atoms with Gasteiger partial charge in [-0.15, -0.1) is 0 Å². The van der Waals surface area contributed by atoms with E-state index >= 15 is 0 Å². The van der Waals surface area contributed by atoms with Gasteiger partial charge < -0.3 is 14.4 Å². The fraction of sp³-hybridized carbons (Fsp3) is 0.293. The van der Waals surface area contributed by atoms with Crippen LogP contribution in [0.2, 0.25) is 0 Å². The summed E-state index contributed by atoms with van der Waals surface area (Å²) >= 11 is 0. The average Bonchev–Trinajstić information content (AvgIpc) is 3.31. The van der Waals surface area contributed by atoms with Gasteiger partial charge in [0.15, 0.2) is 0 Å². The monoisotopic (exact) mass is 620 g/mol. The molecule has 0 heterocycles. The summed E-state index contributed by atoms with van der Waals surface area (Å²) in [5.74, 6) is 1.74. The molecule has 0 aliphatic heterocycles. The third kappa shape index (κ3) is 6.72. The standard InChI is InChI=1S/C41H40N4O2/c1-7-22-45(33-16-12-30(13-17-33)36(26-42)29-8-10-31(11-9-29)39(27-43)44-5)23-24-47-34-18-14-32(15-19-34)41(4)28-40(2,3)37-21-20-35(46-6)25-38(37)41/h8-21,25H,7,22-24,28H2,1-4,6H3/t41-/m0/s1. The highest BCUT2D eigenvalue weighted by molar-refractivity contribution is 5.77. The molecule has 0 amide bonds. The molecule has 47 heavy (non-hydrogen) atoms. The molecule has 0 radical (unpaired) electrons. The van der Waals surface area contributed by atoms with Crippen molar-refractivity contribution in [1.29, 1.82) is 10.5 Å². The van der Waals surface area contributed by atoms with Gasteiger partial charge in [-0.1, -0.05) is 82.3 Å². The Hall–Kier alpha value is -5.51. The number of benzene rings is 4. The zero-order valence-corrected chi connectivity index (χ0v) is 27.8. The van der Waals surface area contributed by atoms with Crippen LogP contribution < -0.4 is 24.8 Å². The summed E-state index contributed by atoms with van der Waals surface area (Å²) in [5.41, 5.74) is 6.41. The second-order valence-electron chi connectivity index (χ2n) is 12.8. The molecule has 6 nitrogen and oxygen atoms in total. The van der Waals surface area contributed by atoms with Gasteiger partial charge >= 0.3 is 0 Å². The number of ether oxygens (including phenoxy) is 2. The van der Waals surface area contributed by atoms with Crippen LogP contribution in [-0.2, 0) is 10.8 Å². The molecule has 0 spiro atoms. The number of nitrogens with zero attached hydrogens (tertiary/aromatic N) is 4. The molecule has 1 atom stereocenters. The number of fused-ring (bicyclic) bond motifs is 1. The van der Waals surface area contributed by atoms with E-state index in [2.05, 4.69) is 86.0 Å². The van der Waals surface area contributed by atoms with Crippen molar-refractivity contribution in [2.75, 3.05) is 31.7 Å². The van der Waals surface area contributed by atoms with E-state index in [1.54, 1.807) is 31.4 Å². The molecule has 0 bridgehead atoms. The van der Waals surface area contributed by atoms with E-state index in [9.17, 15) is 5.26 Å². The number of methoxy groups -OCH3 is 1. The van der Waals surface area contributed by atoms with Crippen molar-refractivity contribution in [3.63, 3.8) is 0 Å². The predicted molar refractivity (Wildman–Crippen MR) is 187 cm³/mol. The summed E-state index contributed by atoms with van der Waals surface area (Å²) in [6, 6.07) is 34.3. The molecule has 5 rings (SSSR count). The third-order valence-corrected chi connectivity index (χ3v) is 9.26. The van der Waals surface area contributed by atoms with E-state index in [0.29, 0.717) is 17.4 Å². The molecule has 4 aromatic carbocycles. The van der Waals surface area contributed by atoms with Crippen LogP contribution in [0.1, 0.15) is 62.8 Å². The number of anilines is 1. The van der Waals surface area contributed by atoms with Crippen molar-refractivity contribution in [3.05, 3.63) is 135 Å². The minimum Gasteiger partial charge on any atom is -0.497 e. The molecule has 1 aliphatic carbocycles. The lowest BCUT2D eigenvalue weighted by atomic mass is 9.75. The maximum Gasteiger partial charge on any atom is 0.268 e. The zero-order valence-electron chi connectivity index (χ0n) is 27.8. The van der Waals surface area contributed by atoms with Gasteiger partial charge in [0.2, 0.25) is 0 Å². The lowest BCUT2D eigenvalue weighted by Crippen LogP contribution is -2.29. The van der Waals surface area contributed by atoms with Gasteiger partial charge in [0.05, 0.1) is 31.9 Å². The Kier molecular flexibility index (Phi) is 9.70. The van der Waals surface area contributed by atoms with Crippen molar-refractivity contribution in [2.45, 2.75) is 51.4 Å². The predicted octanol–water partition coefficient (Wildman–Crippen LogP) is 7.25. The summed E-state index contributed by atoms with van der Waals surface area (Å²) in [5, 5.41) is 20.4. The molecule has 1 aliphatic rings. The van der Waals surface area contributed by atoms with Crippen LogP contribution in [0.3, 0.4) is 0 Å². The van der Waals surface area contributed by atoms with Crippen LogP contribution >= 0.6 is 0 Å². The molecule has 0 aromatic heterocycles. The van der Waals surface area contributed by atoms with E-state index in [-0.39, 0.29) is 16.5 Å². The van der Waals surface area contributed by atoms with Gasteiger partial charge in [-0.05, 0) is 87.3 Å². The van der Waals surface area contributed by atoms with Gasteiger partial charge in [0, 0.05) is 17.6 Å². The van der Waals surface area contributed by atoms with Crippen LogP contribution in [0.5, 0.6) is 11.5 Å². The highest BCUT2D eigenvalue weighted by atomic mass is 16.5. The average molecular weight is 621 g/mol. The maximum absolute atomic E-state index is 9.95. The Bertz CT molecular complexity index is 1970. The fourth-order valence-corrected chi connectivity index (χ4v) is 6.95. The Labute approximate surface area is 278 Å². The van der Waals surface area contributed by atoms with E-state index in [0.717, 1.165) is 53.9 Å². The second kappa shape index (κ2) is 13.9. The summed E-state index contributed by atoms with van der Waals surface area (Å²) < 4.78 is 11.8. The lowest BCUT2D eigenvalue weighted by molar-refractivity contribution is 0.323. The minimum atomic E-state index is -0.111. The first-order valence-electron chi connectivity index (χ1n) is 16.0. The first-order valence-corrected chi connectivity index (χ1v) is 16.0. The number of rotatable bonds is 10. The SMILES string of the molecule is [C-]#[N+]C(C#N)=c1ccc(=C(C#N)c2ccc(N(CCC)CCOc3ccc([C@]4(C)CC(C)(C)c5ccc(OC)cc54)cc3)cc2)cc1. The molecule has 0 N–H and O–H groups in total. The molecular weight excluding hydrogens is 580 g/mol. The highest BCUT2D eigenvalue weighted by Gasteiger charge is 2.45. The summed E-state index contributed by atoms with van der Waals surface area (Å²) in [6.45, 7) is 18.4. The molecule has 6 heteroatoms. The van der Waals surface area contributed by atoms with Crippen molar-refractivity contribution in [3.8, 4) is 23.6 Å². The topological polar surface area (TPSA) is 73.6 Å². The Morgan fingerprint density at radius 1 is 0.830 bits per heavy atom. The number of hydrogen-bond acceptors (Lipinski definition) is 5. The second-order valence-corrected chi connectivity index (χ2v) is 12.8. The maximum atomic E-state index is 9.95. The van der Waals surface area contributed by atoms with Crippen LogP contribution in [-0.4, -0.2) is 26.8 Å². The first-order chi connectivity index (χ1) is 22.7. The normalized spacial score (nSPS) is 15.8. The molecular formula is C41H40N4O2. The Morgan fingerprint density at radius 3 is 2.09 bits per heavy atom. The minimum absolute atomic E-state index is 0.0338. The van der Waals surface area contributed by atoms with Crippen LogP contribution in [0, 0.1) is 29.2 Å². The Morgan fingerprint density at radius 2 is 1.49 bits per heavy atom.